The van der Waals surface area contributed by atoms with Gasteiger partial charge in [-0.05, 0) is 25.7 Å². The second-order valence-corrected chi connectivity index (χ2v) is 10.4. The van der Waals surface area contributed by atoms with Crippen LogP contribution >= 0.6 is 0 Å². The van der Waals surface area contributed by atoms with E-state index in [9.17, 15) is 0 Å². The molecule has 0 fully saturated rings. The van der Waals surface area contributed by atoms with E-state index in [4.69, 9.17) is 0 Å². The molecule has 2 heteroatoms. The fourth-order valence-electron chi connectivity index (χ4n) is 5.13. The molecular formula is C30H60N2. The third kappa shape index (κ3) is 15.2. The zero-order valence-corrected chi connectivity index (χ0v) is 22.6. The van der Waals surface area contributed by atoms with Gasteiger partial charge in [0.2, 0.25) is 0 Å². The summed E-state index contributed by atoms with van der Waals surface area (Å²) in [6.45, 7) is 9.46. The van der Waals surface area contributed by atoms with Crippen LogP contribution in [0.5, 0.6) is 0 Å². The van der Waals surface area contributed by atoms with Crippen molar-refractivity contribution in [1.82, 2.24) is 9.80 Å². The summed E-state index contributed by atoms with van der Waals surface area (Å²) in [5.74, 6) is 0. The first kappa shape index (κ1) is 29.4. The van der Waals surface area contributed by atoms with Gasteiger partial charge in [0.1, 0.15) is 6.17 Å². The van der Waals surface area contributed by atoms with Crippen molar-refractivity contribution < 1.29 is 0 Å². The summed E-state index contributed by atoms with van der Waals surface area (Å²) >= 11 is 0. The maximum atomic E-state index is 2.68. The van der Waals surface area contributed by atoms with Gasteiger partial charge in [0.05, 0.1) is 0 Å². The quantitative estimate of drug-likeness (QED) is 0.135. The van der Waals surface area contributed by atoms with E-state index >= 15 is 0 Å². The van der Waals surface area contributed by atoms with Crippen LogP contribution in [0.2, 0.25) is 0 Å². The first-order chi connectivity index (χ1) is 15.8. The van der Waals surface area contributed by atoms with E-state index < -0.39 is 0 Å². The summed E-state index contributed by atoms with van der Waals surface area (Å²) in [4.78, 5) is 5.35. The van der Waals surface area contributed by atoms with Crippen LogP contribution in [0.4, 0.5) is 0 Å². The van der Waals surface area contributed by atoms with E-state index in [1.165, 1.54) is 154 Å². The van der Waals surface area contributed by atoms with Gasteiger partial charge in [-0.3, -0.25) is 0 Å². The number of hydrogen-bond acceptors (Lipinski definition) is 2. The Morgan fingerprint density at radius 1 is 0.406 bits per heavy atom. The average molecular weight is 449 g/mol. The van der Waals surface area contributed by atoms with Crippen molar-refractivity contribution in [3.05, 3.63) is 12.4 Å². The Labute approximate surface area is 203 Å². The van der Waals surface area contributed by atoms with Crippen molar-refractivity contribution in [2.75, 3.05) is 13.1 Å². The van der Waals surface area contributed by atoms with Gasteiger partial charge < -0.3 is 9.80 Å². The lowest BCUT2D eigenvalue weighted by Crippen LogP contribution is -2.39. The minimum absolute atomic E-state index is 0.644. The molecule has 1 rings (SSSR count). The van der Waals surface area contributed by atoms with E-state index in [1.54, 1.807) is 0 Å². The van der Waals surface area contributed by atoms with Gasteiger partial charge in [-0.2, -0.15) is 0 Å². The smallest absolute Gasteiger partial charge is 0.101 e. The molecule has 1 atom stereocenters. The molecule has 0 saturated carbocycles. The van der Waals surface area contributed by atoms with Crippen molar-refractivity contribution >= 4 is 0 Å². The van der Waals surface area contributed by atoms with Crippen molar-refractivity contribution in [3.63, 3.8) is 0 Å². The SMILES string of the molecule is CCCCCCCCCCCCCN1C=CN(CCCCCCCC)C1CCCCCC. The molecule has 0 saturated heterocycles. The predicted octanol–water partition coefficient (Wildman–Crippen LogP) is 10.0. The van der Waals surface area contributed by atoms with E-state index in [1.807, 2.05) is 0 Å². The molecule has 0 aromatic rings. The molecule has 0 aromatic heterocycles. The van der Waals surface area contributed by atoms with E-state index in [0.29, 0.717) is 6.17 Å². The minimum atomic E-state index is 0.644. The Kier molecular flexibility index (Phi) is 20.3. The number of nitrogens with zero attached hydrogens (tertiary/aromatic N) is 2. The molecule has 0 aromatic carbocycles. The Bertz CT molecular complexity index is 406. The highest BCUT2D eigenvalue weighted by atomic mass is 15.4. The van der Waals surface area contributed by atoms with Crippen molar-refractivity contribution in [3.8, 4) is 0 Å². The molecule has 190 valence electrons. The first-order valence-corrected chi connectivity index (χ1v) is 15.0. The summed E-state index contributed by atoms with van der Waals surface area (Å²) < 4.78 is 0. The summed E-state index contributed by atoms with van der Waals surface area (Å²) in [5.41, 5.74) is 0. The Hall–Kier alpha value is -0.660. The Morgan fingerprint density at radius 2 is 0.719 bits per heavy atom. The predicted molar refractivity (Wildman–Crippen MR) is 145 cm³/mol. The summed E-state index contributed by atoms with van der Waals surface area (Å²) in [6, 6.07) is 0. The Morgan fingerprint density at radius 3 is 1.09 bits per heavy atom. The number of rotatable bonds is 24. The minimum Gasteiger partial charge on any atom is -0.356 e. The van der Waals surface area contributed by atoms with E-state index in [-0.39, 0.29) is 0 Å². The first-order valence-electron chi connectivity index (χ1n) is 15.0. The van der Waals surface area contributed by atoms with Gasteiger partial charge in [-0.1, -0.05) is 136 Å². The second kappa shape index (κ2) is 22.1. The number of unbranched alkanes of at least 4 members (excludes halogenated alkanes) is 18. The third-order valence-electron chi connectivity index (χ3n) is 7.32. The van der Waals surface area contributed by atoms with Crippen LogP contribution in [0.3, 0.4) is 0 Å². The van der Waals surface area contributed by atoms with Crippen LogP contribution in [-0.2, 0) is 0 Å². The monoisotopic (exact) mass is 448 g/mol. The van der Waals surface area contributed by atoms with Crippen LogP contribution in [-0.4, -0.2) is 29.1 Å². The molecule has 0 bridgehead atoms. The van der Waals surface area contributed by atoms with Gasteiger partial charge in [0, 0.05) is 25.5 Å². The number of hydrogen-bond donors (Lipinski definition) is 0. The fourth-order valence-corrected chi connectivity index (χ4v) is 5.13. The lowest BCUT2D eigenvalue weighted by atomic mass is 10.1. The van der Waals surface area contributed by atoms with Gasteiger partial charge in [-0.25, -0.2) is 0 Å². The molecule has 0 spiro atoms. The van der Waals surface area contributed by atoms with Crippen LogP contribution in [0.1, 0.15) is 162 Å². The lowest BCUT2D eigenvalue weighted by molar-refractivity contribution is 0.135. The molecule has 1 unspecified atom stereocenters. The zero-order chi connectivity index (χ0) is 23.1. The highest BCUT2D eigenvalue weighted by Gasteiger charge is 2.24. The zero-order valence-electron chi connectivity index (χ0n) is 22.6. The molecule has 32 heavy (non-hydrogen) atoms. The largest absolute Gasteiger partial charge is 0.356 e. The highest BCUT2D eigenvalue weighted by molar-refractivity contribution is 4.97. The van der Waals surface area contributed by atoms with Crippen LogP contribution in [0.15, 0.2) is 12.4 Å². The van der Waals surface area contributed by atoms with Crippen molar-refractivity contribution in [2.24, 2.45) is 0 Å². The molecular weight excluding hydrogens is 388 g/mol. The molecule has 2 nitrogen and oxygen atoms in total. The normalized spacial score (nSPS) is 15.9. The van der Waals surface area contributed by atoms with Gasteiger partial charge in [-0.15, -0.1) is 0 Å². The van der Waals surface area contributed by atoms with Crippen molar-refractivity contribution in [1.29, 1.82) is 0 Å². The summed E-state index contributed by atoms with van der Waals surface area (Å²) in [5, 5.41) is 0. The van der Waals surface area contributed by atoms with Crippen LogP contribution in [0.25, 0.3) is 0 Å². The molecule has 0 radical (unpaired) electrons. The topological polar surface area (TPSA) is 6.48 Å². The molecule has 1 heterocycles. The van der Waals surface area contributed by atoms with Gasteiger partial charge in [0.25, 0.3) is 0 Å². The van der Waals surface area contributed by atoms with Crippen LogP contribution < -0.4 is 0 Å². The summed E-state index contributed by atoms with van der Waals surface area (Å²) in [7, 11) is 0. The van der Waals surface area contributed by atoms with Crippen molar-refractivity contribution in [2.45, 2.75) is 168 Å². The standard InChI is InChI=1S/C30H60N2/c1-4-7-10-13-15-16-17-18-19-21-24-27-32-29-28-31(26-23-20-14-11-8-5-2)30(32)25-22-12-9-6-3/h28-30H,4-27H2,1-3H3. The second-order valence-electron chi connectivity index (χ2n) is 10.4. The Balaban J connectivity index is 2.18. The van der Waals surface area contributed by atoms with Crippen LogP contribution in [0, 0.1) is 0 Å². The van der Waals surface area contributed by atoms with Gasteiger partial charge in [0.15, 0.2) is 0 Å². The van der Waals surface area contributed by atoms with E-state index in [0.717, 1.165) is 0 Å². The third-order valence-corrected chi connectivity index (χ3v) is 7.32. The average Bonchev–Trinajstić information content (AvgIpc) is 3.19. The maximum absolute atomic E-state index is 2.68. The van der Waals surface area contributed by atoms with Gasteiger partial charge >= 0.3 is 0 Å². The molecule has 1 aliphatic rings. The summed E-state index contributed by atoms with van der Waals surface area (Å²) in [6.07, 6.45) is 36.5. The molecule has 0 aliphatic carbocycles. The molecule has 1 aliphatic heterocycles. The molecule has 0 amide bonds. The molecule has 0 N–H and O–H groups in total. The maximum Gasteiger partial charge on any atom is 0.101 e. The fraction of sp³-hybridized carbons (Fsp3) is 0.933. The van der Waals surface area contributed by atoms with E-state index in [2.05, 4.69) is 43.0 Å². The lowest BCUT2D eigenvalue weighted by Gasteiger charge is -2.33. The highest BCUT2D eigenvalue weighted by Crippen LogP contribution is 2.23.